The minimum Gasteiger partial charge on any atom is -0.468 e. The number of hydrogen-bond donors (Lipinski definition) is 2. The Morgan fingerprint density at radius 1 is 1.05 bits per heavy atom. The van der Waals surface area contributed by atoms with Crippen molar-refractivity contribution in [1.29, 1.82) is 5.26 Å². The van der Waals surface area contributed by atoms with E-state index in [0.29, 0.717) is 22.1 Å². The molecule has 2 aromatic carbocycles. The van der Waals surface area contributed by atoms with Gasteiger partial charge in [0, 0.05) is 11.4 Å². The first-order chi connectivity index (χ1) is 17.9. The van der Waals surface area contributed by atoms with E-state index in [9.17, 15) is 14.9 Å². The summed E-state index contributed by atoms with van der Waals surface area (Å²) < 4.78 is 11.2. The monoisotopic (exact) mass is 513 g/mol. The SMILES string of the molecule is CC1=C(C(=O)OCc2ccccc2)[C@H](c2ccco2)C(C#N)=C(SCC(=O)Nc2c(C)cccc2C)N1. The highest BCUT2D eigenvalue weighted by molar-refractivity contribution is 8.03. The summed E-state index contributed by atoms with van der Waals surface area (Å²) in [6.45, 7) is 5.73. The van der Waals surface area contributed by atoms with Crippen molar-refractivity contribution in [1.82, 2.24) is 5.32 Å². The average molecular weight is 514 g/mol. The zero-order valence-corrected chi connectivity index (χ0v) is 21.6. The number of thioether (sulfide) groups is 1. The molecule has 4 rings (SSSR count). The molecule has 1 aromatic heterocycles. The van der Waals surface area contributed by atoms with Crippen molar-refractivity contribution in [3.8, 4) is 6.07 Å². The second-order valence-electron chi connectivity index (χ2n) is 8.63. The van der Waals surface area contributed by atoms with Gasteiger partial charge in [-0.25, -0.2) is 4.79 Å². The number of carbonyl (C=O) groups excluding carboxylic acids is 2. The molecule has 7 nitrogen and oxygen atoms in total. The quantitative estimate of drug-likeness (QED) is 0.372. The van der Waals surface area contributed by atoms with E-state index in [1.165, 1.54) is 18.0 Å². The number of nitriles is 1. The number of ether oxygens (including phenoxy) is 1. The van der Waals surface area contributed by atoms with E-state index in [0.717, 1.165) is 22.4 Å². The summed E-state index contributed by atoms with van der Waals surface area (Å²) >= 11 is 1.20. The summed E-state index contributed by atoms with van der Waals surface area (Å²) in [4.78, 5) is 26.0. The van der Waals surface area contributed by atoms with Crippen LogP contribution >= 0.6 is 11.8 Å². The number of hydrogen-bond acceptors (Lipinski definition) is 7. The Morgan fingerprint density at radius 3 is 2.43 bits per heavy atom. The lowest BCUT2D eigenvalue weighted by Gasteiger charge is -2.28. The van der Waals surface area contributed by atoms with Crippen LogP contribution in [0.4, 0.5) is 5.69 Å². The van der Waals surface area contributed by atoms with Crippen molar-refractivity contribution in [2.45, 2.75) is 33.3 Å². The molecule has 0 radical (unpaired) electrons. The Balaban J connectivity index is 1.55. The molecule has 37 heavy (non-hydrogen) atoms. The second kappa shape index (κ2) is 11.7. The number of rotatable bonds is 8. The normalized spacial score (nSPS) is 15.1. The maximum atomic E-state index is 13.2. The van der Waals surface area contributed by atoms with Gasteiger partial charge in [0.05, 0.1) is 40.2 Å². The van der Waals surface area contributed by atoms with E-state index in [-0.39, 0.29) is 23.8 Å². The Hall–Kier alpha value is -4.22. The molecule has 0 unspecified atom stereocenters. The highest BCUT2D eigenvalue weighted by Gasteiger charge is 2.37. The molecule has 188 valence electrons. The molecule has 3 aromatic rings. The van der Waals surface area contributed by atoms with E-state index < -0.39 is 11.9 Å². The average Bonchev–Trinajstić information content (AvgIpc) is 3.43. The van der Waals surface area contributed by atoms with Gasteiger partial charge in [0.15, 0.2) is 0 Å². The van der Waals surface area contributed by atoms with Crippen molar-refractivity contribution < 1.29 is 18.7 Å². The first kappa shape index (κ1) is 25.9. The van der Waals surface area contributed by atoms with Crippen molar-refractivity contribution >= 4 is 29.3 Å². The van der Waals surface area contributed by atoms with Gasteiger partial charge in [-0.15, -0.1) is 0 Å². The molecule has 1 aliphatic heterocycles. The van der Waals surface area contributed by atoms with Crippen LogP contribution in [0.1, 0.15) is 35.3 Å². The molecule has 0 saturated heterocycles. The Morgan fingerprint density at radius 2 is 1.78 bits per heavy atom. The summed E-state index contributed by atoms with van der Waals surface area (Å²) in [7, 11) is 0. The highest BCUT2D eigenvalue weighted by atomic mass is 32.2. The first-order valence-electron chi connectivity index (χ1n) is 11.7. The summed E-state index contributed by atoms with van der Waals surface area (Å²) in [5.41, 5.74) is 4.71. The third-order valence-corrected chi connectivity index (χ3v) is 7.02. The minimum absolute atomic E-state index is 0.0766. The van der Waals surface area contributed by atoms with Crippen LogP contribution in [0.25, 0.3) is 0 Å². The lowest BCUT2D eigenvalue weighted by molar-refractivity contribution is -0.140. The molecular formula is C29H27N3O4S. The third-order valence-electron chi connectivity index (χ3n) is 6.00. The largest absolute Gasteiger partial charge is 0.468 e. The van der Waals surface area contributed by atoms with E-state index >= 15 is 0 Å². The number of carbonyl (C=O) groups is 2. The summed E-state index contributed by atoms with van der Waals surface area (Å²) in [6, 6.07) is 20.9. The number of nitrogens with one attached hydrogen (secondary N) is 2. The van der Waals surface area contributed by atoms with Crippen LogP contribution in [-0.2, 0) is 20.9 Å². The van der Waals surface area contributed by atoms with Crippen LogP contribution in [-0.4, -0.2) is 17.6 Å². The molecule has 1 atom stereocenters. The van der Waals surface area contributed by atoms with E-state index in [1.54, 1.807) is 19.1 Å². The lowest BCUT2D eigenvalue weighted by atomic mass is 9.86. The minimum atomic E-state index is -0.756. The number of dihydropyridines is 1. The number of nitrogens with zero attached hydrogens (tertiary/aromatic N) is 1. The van der Waals surface area contributed by atoms with Crippen molar-refractivity contribution in [2.24, 2.45) is 0 Å². The smallest absolute Gasteiger partial charge is 0.337 e. The fraction of sp³-hybridized carbons (Fsp3) is 0.207. The van der Waals surface area contributed by atoms with Crippen LogP contribution in [0.5, 0.6) is 0 Å². The van der Waals surface area contributed by atoms with Gasteiger partial charge in [-0.3, -0.25) is 4.79 Å². The second-order valence-corrected chi connectivity index (χ2v) is 9.62. The van der Waals surface area contributed by atoms with Crippen molar-refractivity contribution in [3.63, 3.8) is 0 Å². The number of esters is 1. The number of furan rings is 1. The Kier molecular flexibility index (Phi) is 8.16. The van der Waals surface area contributed by atoms with Crippen LogP contribution in [0.2, 0.25) is 0 Å². The molecule has 0 aliphatic carbocycles. The highest BCUT2D eigenvalue weighted by Crippen LogP contribution is 2.41. The molecule has 1 aliphatic rings. The summed E-state index contributed by atoms with van der Waals surface area (Å²) in [5.74, 6) is -0.971. The van der Waals surface area contributed by atoms with Gasteiger partial charge in [-0.1, -0.05) is 60.3 Å². The van der Waals surface area contributed by atoms with Gasteiger partial charge < -0.3 is 19.8 Å². The van der Waals surface area contributed by atoms with Crippen LogP contribution < -0.4 is 10.6 Å². The maximum absolute atomic E-state index is 13.2. The summed E-state index contributed by atoms with van der Waals surface area (Å²) in [6.07, 6.45) is 1.50. The molecule has 2 N–H and O–H groups in total. The maximum Gasteiger partial charge on any atom is 0.337 e. The predicted octanol–water partition coefficient (Wildman–Crippen LogP) is 5.71. The zero-order valence-electron chi connectivity index (χ0n) is 20.8. The van der Waals surface area contributed by atoms with Gasteiger partial charge in [-0.05, 0) is 49.6 Å². The van der Waals surface area contributed by atoms with Crippen molar-refractivity contribution in [3.05, 3.63) is 111 Å². The van der Waals surface area contributed by atoms with E-state index in [1.807, 2.05) is 62.4 Å². The van der Waals surface area contributed by atoms with Crippen LogP contribution in [0.3, 0.4) is 0 Å². The molecule has 0 fully saturated rings. The Labute approximate surface area is 220 Å². The standard InChI is InChI=1S/C29H27N3O4S/c1-18-9-7-10-19(2)27(18)32-24(33)17-37-28-22(15-30)26(23-13-8-14-35-23)25(20(3)31-28)29(34)36-16-21-11-5-4-6-12-21/h4-14,26,31H,16-17H2,1-3H3,(H,32,33)/t26-/m0/s1. The van der Waals surface area contributed by atoms with Gasteiger partial charge in [0.25, 0.3) is 0 Å². The van der Waals surface area contributed by atoms with Gasteiger partial charge in [-0.2, -0.15) is 5.26 Å². The van der Waals surface area contributed by atoms with Crippen LogP contribution in [0, 0.1) is 25.2 Å². The fourth-order valence-corrected chi connectivity index (χ4v) is 5.05. The molecule has 0 bridgehead atoms. The number of anilines is 1. The summed E-state index contributed by atoms with van der Waals surface area (Å²) in [5, 5.41) is 16.7. The van der Waals surface area contributed by atoms with Gasteiger partial charge in [0.2, 0.25) is 5.91 Å². The molecule has 8 heteroatoms. The fourth-order valence-electron chi connectivity index (χ4n) is 4.16. The van der Waals surface area contributed by atoms with Gasteiger partial charge in [0.1, 0.15) is 12.4 Å². The van der Waals surface area contributed by atoms with E-state index in [2.05, 4.69) is 16.7 Å². The molecule has 2 heterocycles. The number of benzene rings is 2. The van der Waals surface area contributed by atoms with Gasteiger partial charge >= 0.3 is 5.97 Å². The number of allylic oxidation sites excluding steroid dienone is 2. The topological polar surface area (TPSA) is 104 Å². The number of amides is 1. The first-order valence-corrected chi connectivity index (χ1v) is 12.7. The molecule has 1 amide bonds. The van der Waals surface area contributed by atoms with E-state index in [4.69, 9.17) is 9.15 Å². The van der Waals surface area contributed by atoms with Crippen LogP contribution in [0.15, 0.2) is 93.2 Å². The molecule has 0 saturated carbocycles. The Bertz CT molecular complexity index is 1380. The van der Waals surface area contributed by atoms with Crippen molar-refractivity contribution in [2.75, 3.05) is 11.1 Å². The third kappa shape index (κ3) is 5.96. The zero-order chi connectivity index (χ0) is 26.4. The molecule has 0 spiro atoms. The number of aryl methyl sites for hydroxylation is 2. The predicted molar refractivity (Wildman–Crippen MR) is 143 cm³/mol. The lowest BCUT2D eigenvalue weighted by Crippen LogP contribution is -2.29. The molecular weight excluding hydrogens is 486 g/mol. The number of para-hydroxylation sites is 1.